The van der Waals surface area contributed by atoms with Crippen LogP contribution in [0.25, 0.3) is 0 Å². The Morgan fingerprint density at radius 1 is 1.11 bits per heavy atom. The van der Waals surface area contributed by atoms with Gasteiger partial charge in [0.2, 0.25) is 0 Å². The number of carbonyl (C=O) groups excluding carboxylic acids is 2. The summed E-state index contributed by atoms with van der Waals surface area (Å²) in [6.45, 7) is 6.09. The number of urea groups is 1. The molecule has 1 unspecified atom stereocenters. The molecule has 0 aliphatic carbocycles. The van der Waals surface area contributed by atoms with Crippen LogP contribution in [0.3, 0.4) is 0 Å². The van der Waals surface area contributed by atoms with Crippen LogP contribution in [0.1, 0.15) is 43.5 Å². The standard InChI is InChI=1S/C26H30FN5O3/c1-26(2,3)20-9-6-17(15-21(20)27)28-24(33)23-19-8-7-18(35-5)14-16(19)10-13-32(23)25(34)29-22-11-12-31(4)30-22/h6-9,11-12,14-15,23H,10,13H2,1-5H3,(H,28,33)(H,29,30,34). The fourth-order valence-corrected chi connectivity index (χ4v) is 4.31. The van der Waals surface area contributed by atoms with Gasteiger partial charge in [-0.1, -0.05) is 32.9 Å². The van der Waals surface area contributed by atoms with Crippen LogP contribution in [0.15, 0.2) is 48.7 Å². The van der Waals surface area contributed by atoms with Gasteiger partial charge in [-0.3, -0.25) is 14.8 Å². The van der Waals surface area contributed by atoms with Crippen molar-refractivity contribution in [1.82, 2.24) is 14.7 Å². The first kappa shape index (κ1) is 24.3. The molecule has 9 heteroatoms. The van der Waals surface area contributed by atoms with Crippen molar-refractivity contribution in [2.24, 2.45) is 7.05 Å². The summed E-state index contributed by atoms with van der Waals surface area (Å²) in [5.74, 6) is 0.232. The maximum Gasteiger partial charge on any atom is 0.324 e. The molecule has 2 aromatic carbocycles. The number of fused-ring (bicyclic) bond motifs is 1. The van der Waals surface area contributed by atoms with Crippen LogP contribution in [-0.4, -0.2) is 40.3 Å². The number of ether oxygens (including phenoxy) is 1. The molecule has 8 nitrogen and oxygen atoms in total. The van der Waals surface area contributed by atoms with E-state index < -0.39 is 23.8 Å². The zero-order valence-corrected chi connectivity index (χ0v) is 20.6. The monoisotopic (exact) mass is 479 g/mol. The van der Waals surface area contributed by atoms with Crippen molar-refractivity contribution in [3.05, 3.63) is 71.2 Å². The number of amides is 3. The SMILES string of the molecule is COc1ccc2c(c1)CCN(C(=O)Nc1ccn(C)n1)C2C(=O)Nc1ccc(C(C)(C)C)c(F)c1. The predicted octanol–water partition coefficient (Wildman–Crippen LogP) is 4.64. The van der Waals surface area contributed by atoms with Crippen LogP contribution >= 0.6 is 0 Å². The Labute approximate surface area is 204 Å². The maximum absolute atomic E-state index is 14.8. The van der Waals surface area contributed by atoms with Gasteiger partial charge >= 0.3 is 6.03 Å². The molecule has 4 rings (SSSR count). The minimum absolute atomic E-state index is 0.314. The number of nitrogens with one attached hydrogen (secondary N) is 2. The molecule has 1 atom stereocenters. The fourth-order valence-electron chi connectivity index (χ4n) is 4.31. The molecule has 0 bridgehead atoms. The second kappa shape index (κ2) is 9.40. The summed E-state index contributed by atoms with van der Waals surface area (Å²) in [5, 5.41) is 9.75. The molecule has 0 fully saturated rings. The summed E-state index contributed by atoms with van der Waals surface area (Å²) in [6.07, 6.45) is 2.27. The normalized spacial score (nSPS) is 15.4. The van der Waals surface area contributed by atoms with E-state index in [1.807, 2.05) is 26.8 Å². The van der Waals surface area contributed by atoms with E-state index in [-0.39, 0.29) is 5.41 Å². The third-order valence-electron chi connectivity index (χ3n) is 6.08. The van der Waals surface area contributed by atoms with Crippen LogP contribution < -0.4 is 15.4 Å². The van der Waals surface area contributed by atoms with Crippen LogP contribution in [-0.2, 0) is 23.7 Å². The summed E-state index contributed by atoms with van der Waals surface area (Å²) < 4.78 is 21.7. The van der Waals surface area contributed by atoms with Crippen LogP contribution in [0, 0.1) is 5.82 Å². The number of benzene rings is 2. The second-order valence-corrected chi connectivity index (χ2v) is 9.65. The van der Waals surface area contributed by atoms with Gasteiger partial charge in [-0.05, 0) is 52.8 Å². The molecule has 35 heavy (non-hydrogen) atoms. The van der Waals surface area contributed by atoms with Crippen molar-refractivity contribution in [1.29, 1.82) is 0 Å². The highest BCUT2D eigenvalue weighted by Gasteiger charge is 2.36. The molecule has 2 heterocycles. The number of halogens is 1. The smallest absolute Gasteiger partial charge is 0.324 e. The second-order valence-electron chi connectivity index (χ2n) is 9.65. The number of hydrogen-bond acceptors (Lipinski definition) is 4. The van der Waals surface area contributed by atoms with Crippen molar-refractivity contribution < 1.29 is 18.7 Å². The zero-order chi connectivity index (χ0) is 25.3. The molecular formula is C26H30FN5O3. The Balaban J connectivity index is 1.65. The van der Waals surface area contributed by atoms with Gasteiger partial charge < -0.3 is 15.0 Å². The molecule has 1 aromatic heterocycles. The Kier molecular flexibility index (Phi) is 6.51. The number of nitrogens with zero attached hydrogens (tertiary/aromatic N) is 3. The van der Waals surface area contributed by atoms with E-state index in [1.54, 1.807) is 55.4 Å². The van der Waals surface area contributed by atoms with E-state index in [0.29, 0.717) is 41.3 Å². The van der Waals surface area contributed by atoms with Crippen molar-refractivity contribution >= 4 is 23.4 Å². The average molecular weight is 480 g/mol. The van der Waals surface area contributed by atoms with E-state index >= 15 is 0 Å². The number of aryl methyl sites for hydroxylation is 1. The molecule has 2 N–H and O–H groups in total. The van der Waals surface area contributed by atoms with Gasteiger partial charge in [-0.25, -0.2) is 9.18 Å². The third kappa shape index (κ3) is 5.13. The topological polar surface area (TPSA) is 88.5 Å². The lowest BCUT2D eigenvalue weighted by molar-refractivity contribution is -0.120. The zero-order valence-electron chi connectivity index (χ0n) is 20.6. The number of carbonyl (C=O) groups is 2. The highest BCUT2D eigenvalue weighted by atomic mass is 19.1. The van der Waals surface area contributed by atoms with Gasteiger partial charge in [0, 0.05) is 31.5 Å². The Bertz CT molecular complexity index is 1260. The van der Waals surface area contributed by atoms with Gasteiger partial charge in [0.25, 0.3) is 5.91 Å². The van der Waals surface area contributed by atoms with Gasteiger partial charge in [0.15, 0.2) is 5.82 Å². The number of rotatable bonds is 4. The molecular weight excluding hydrogens is 449 g/mol. The first-order valence-corrected chi connectivity index (χ1v) is 11.4. The summed E-state index contributed by atoms with van der Waals surface area (Å²) >= 11 is 0. The Morgan fingerprint density at radius 3 is 2.51 bits per heavy atom. The van der Waals surface area contributed by atoms with Crippen LogP contribution in [0.5, 0.6) is 5.75 Å². The van der Waals surface area contributed by atoms with Gasteiger partial charge in [-0.2, -0.15) is 5.10 Å². The summed E-state index contributed by atoms with van der Waals surface area (Å²) in [7, 11) is 3.33. The molecule has 3 amide bonds. The maximum atomic E-state index is 14.8. The Morgan fingerprint density at radius 2 is 1.89 bits per heavy atom. The number of aromatic nitrogens is 2. The van der Waals surface area contributed by atoms with E-state index in [2.05, 4.69) is 15.7 Å². The summed E-state index contributed by atoms with van der Waals surface area (Å²) in [4.78, 5) is 28.2. The first-order valence-electron chi connectivity index (χ1n) is 11.4. The average Bonchev–Trinajstić information content (AvgIpc) is 3.21. The van der Waals surface area contributed by atoms with Crippen molar-refractivity contribution in [3.63, 3.8) is 0 Å². The van der Waals surface area contributed by atoms with Crippen molar-refractivity contribution in [3.8, 4) is 5.75 Å². The molecule has 0 saturated carbocycles. The quantitative estimate of drug-likeness (QED) is 0.571. The number of methoxy groups -OCH3 is 1. The molecule has 0 radical (unpaired) electrons. The minimum atomic E-state index is -0.918. The van der Waals surface area contributed by atoms with Gasteiger partial charge in [0.1, 0.15) is 17.6 Å². The molecule has 184 valence electrons. The lowest BCUT2D eigenvalue weighted by Crippen LogP contribution is -2.47. The summed E-state index contributed by atoms with van der Waals surface area (Å²) in [5.41, 5.74) is 2.13. The first-order chi connectivity index (χ1) is 16.6. The summed E-state index contributed by atoms with van der Waals surface area (Å²) in [6, 6.07) is 10.4. The van der Waals surface area contributed by atoms with Crippen molar-refractivity contribution in [2.75, 3.05) is 24.3 Å². The van der Waals surface area contributed by atoms with E-state index in [0.717, 1.165) is 5.56 Å². The largest absolute Gasteiger partial charge is 0.497 e. The molecule has 0 saturated heterocycles. The highest BCUT2D eigenvalue weighted by Crippen LogP contribution is 2.34. The third-order valence-corrected chi connectivity index (χ3v) is 6.08. The van der Waals surface area contributed by atoms with Crippen molar-refractivity contribution in [2.45, 2.75) is 38.6 Å². The molecule has 1 aliphatic rings. The van der Waals surface area contributed by atoms with Gasteiger partial charge in [-0.15, -0.1) is 0 Å². The molecule has 3 aromatic rings. The fraction of sp³-hybridized carbons (Fsp3) is 0.346. The predicted molar refractivity (Wildman–Crippen MR) is 132 cm³/mol. The lowest BCUT2D eigenvalue weighted by atomic mass is 9.86. The lowest BCUT2D eigenvalue weighted by Gasteiger charge is -2.36. The van der Waals surface area contributed by atoms with Gasteiger partial charge in [0.05, 0.1) is 7.11 Å². The van der Waals surface area contributed by atoms with E-state index in [9.17, 15) is 14.0 Å². The number of anilines is 2. The highest BCUT2D eigenvalue weighted by molar-refractivity contribution is 6.00. The minimum Gasteiger partial charge on any atom is -0.497 e. The molecule has 1 aliphatic heterocycles. The number of hydrogen-bond donors (Lipinski definition) is 2. The van der Waals surface area contributed by atoms with Crippen LogP contribution in [0.2, 0.25) is 0 Å². The molecule has 0 spiro atoms. The Hall–Kier alpha value is -3.88. The van der Waals surface area contributed by atoms with E-state index in [1.165, 1.54) is 11.0 Å². The van der Waals surface area contributed by atoms with Crippen LogP contribution in [0.4, 0.5) is 20.7 Å². The van der Waals surface area contributed by atoms with E-state index in [4.69, 9.17) is 4.74 Å².